The average molecular weight is 600 g/mol. The Labute approximate surface area is 270 Å². The van der Waals surface area contributed by atoms with Crippen molar-refractivity contribution >= 4 is 70.9 Å². The van der Waals surface area contributed by atoms with Gasteiger partial charge < -0.3 is 4.57 Å². The van der Waals surface area contributed by atoms with Crippen molar-refractivity contribution < 1.29 is 0 Å². The van der Waals surface area contributed by atoms with Crippen molar-refractivity contribution in [2.45, 2.75) is 19.3 Å². The summed E-state index contributed by atoms with van der Waals surface area (Å²) in [7, 11) is 0. The molecule has 3 heterocycles. The molecule has 10 aromatic rings. The minimum absolute atomic E-state index is 0.0859. The van der Waals surface area contributed by atoms with Gasteiger partial charge in [-0.05, 0) is 75.3 Å². The van der Waals surface area contributed by atoms with E-state index in [2.05, 4.69) is 162 Å². The molecular formula is C44H29N3. The molecule has 1 aliphatic rings. The van der Waals surface area contributed by atoms with E-state index >= 15 is 0 Å². The Hall–Kier alpha value is -5.93. The third-order valence-corrected chi connectivity index (χ3v) is 10.8. The molecule has 11 rings (SSSR count). The number of fused-ring (bicyclic) bond motifs is 14. The van der Waals surface area contributed by atoms with E-state index in [0.29, 0.717) is 0 Å². The van der Waals surface area contributed by atoms with E-state index in [9.17, 15) is 0 Å². The predicted octanol–water partition coefficient (Wildman–Crippen LogP) is 11.4. The van der Waals surface area contributed by atoms with Crippen LogP contribution in [0, 0.1) is 0 Å². The van der Waals surface area contributed by atoms with Gasteiger partial charge in [0.1, 0.15) is 5.65 Å². The molecule has 0 amide bonds. The van der Waals surface area contributed by atoms with Gasteiger partial charge in [-0.15, -0.1) is 0 Å². The summed E-state index contributed by atoms with van der Waals surface area (Å²) in [6.45, 7) is 4.74. The summed E-state index contributed by atoms with van der Waals surface area (Å²) in [5, 5.41) is 8.87. The molecule has 0 saturated carbocycles. The Balaban J connectivity index is 1.32. The molecule has 3 nitrogen and oxygen atoms in total. The zero-order valence-electron chi connectivity index (χ0n) is 26.1. The Morgan fingerprint density at radius 3 is 2.13 bits per heavy atom. The van der Waals surface area contributed by atoms with Crippen LogP contribution in [0.15, 0.2) is 140 Å². The van der Waals surface area contributed by atoms with Crippen molar-refractivity contribution in [3.05, 3.63) is 151 Å². The molecule has 0 unspecified atom stereocenters. The number of benzene rings is 7. The molecule has 0 bridgehead atoms. The van der Waals surface area contributed by atoms with E-state index in [-0.39, 0.29) is 5.41 Å². The normalized spacial score (nSPS) is 13.9. The van der Waals surface area contributed by atoms with Crippen LogP contribution in [-0.2, 0) is 5.41 Å². The van der Waals surface area contributed by atoms with Gasteiger partial charge in [-0.2, -0.15) is 0 Å². The molecule has 0 spiro atoms. The molecular weight excluding hydrogens is 571 g/mol. The number of hydrogen-bond acceptors (Lipinski definition) is 1. The summed E-state index contributed by atoms with van der Waals surface area (Å²) in [6, 6.07) is 51.4. The van der Waals surface area contributed by atoms with Crippen molar-refractivity contribution in [2.75, 3.05) is 0 Å². The van der Waals surface area contributed by atoms with Crippen molar-refractivity contribution in [2.24, 2.45) is 0 Å². The highest BCUT2D eigenvalue weighted by Gasteiger charge is 2.35. The zero-order chi connectivity index (χ0) is 31.0. The topological polar surface area (TPSA) is 22.2 Å². The van der Waals surface area contributed by atoms with E-state index in [1.165, 1.54) is 71.1 Å². The molecule has 0 N–H and O–H groups in total. The summed E-state index contributed by atoms with van der Waals surface area (Å²) >= 11 is 0. The fraction of sp³-hybridized carbons (Fsp3) is 0.0682. The highest BCUT2D eigenvalue weighted by molar-refractivity contribution is 6.25. The van der Waals surface area contributed by atoms with Gasteiger partial charge in [-0.25, -0.2) is 4.98 Å². The highest BCUT2D eigenvalue weighted by atomic mass is 15.0. The number of nitrogens with zero attached hydrogens (tertiary/aromatic N) is 3. The van der Waals surface area contributed by atoms with Crippen molar-refractivity contribution in [1.82, 2.24) is 14.0 Å². The molecule has 220 valence electrons. The SMILES string of the molecule is CC1(C)c2ccccc2-c2c3c1cccc3cc1c2c2ccccc2n1-c1ccc2c(c1)c1ccccc1c1nc3ccccc3n21. The van der Waals surface area contributed by atoms with Crippen molar-refractivity contribution in [3.8, 4) is 16.8 Å². The Morgan fingerprint density at radius 2 is 1.23 bits per heavy atom. The van der Waals surface area contributed by atoms with Crippen LogP contribution >= 0.6 is 0 Å². The first-order valence-electron chi connectivity index (χ1n) is 16.4. The maximum Gasteiger partial charge on any atom is 0.146 e. The largest absolute Gasteiger partial charge is 0.309 e. The number of imidazole rings is 1. The van der Waals surface area contributed by atoms with Gasteiger partial charge in [0, 0.05) is 38.2 Å². The van der Waals surface area contributed by atoms with Crippen molar-refractivity contribution in [1.29, 1.82) is 0 Å². The van der Waals surface area contributed by atoms with Gasteiger partial charge in [0.2, 0.25) is 0 Å². The molecule has 0 fully saturated rings. The first-order chi connectivity index (χ1) is 23.1. The highest BCUT2D eigenvalue weighted by Crippen LogP contribution is 2.53. The number of aromatic nitrogens is 3. The fourth-order valence-corrected chi connectivity index (χ4v) is 8.80. The molecule has 47 heavy (non-hydrogen) atoms. The summed E-state index contributed by atoms with van der Waals surface area (Å²) in [5.41, 5.74) is 13.3. The lowest BCUT2D eigenvalue weighted by atomic mass is 9.68. The van der Waals surface area contributed by atoms with Gasteiger partial charge in [-0.3, -0.25) is 4.40 Å². The first-order valence-corrected chi connectivity index (χ1v) is 16.4. The molecule has 1 aliphatic carbocycles. The number of para-hydroxylation sites is 3. The summed E-state index contributed by atoms with van der Waals surface area (Å²) in [5.74, 6) is 0. The molecule has 3 aromatic heterocycles. The van der Waals surface area contributed by atoms with E-state index in [1.54, 1.807) is 0 Å². The van der Waals surface area contributed by atoms with Crippen LogP contribution in [0.25, 0.3) is 87.7 Å². The molecule has 0 saturated heterocycles. The molecule has 3 heteroatoms. The standard InChI is InChI=1S/C44H29N3/c1-44(2)33-17-7-5-15-30(33)42-40-26(12-11-18-34(40)44)24-39-41(42)31-16-6-9-20-36(31)46(39)27-22-23-37-32(25-27)28-13-3-4-14-29(28)43-45-35-19-8-10-21-38(35)47(37)43/h3-25H,1-2H3. The second kappa shape index (κ2) is 8.65. The fourth-order valence-electron chi connectivity index (χ4n) is 8.80. The van der Waals surface area contributed by atoms with E-state index in [0.717, 1.165) is 27.8 Å². The van der Waals surface area contributed by atoms with Crippen LogP contribution in [0.2, 0.25) is 0 Å². The minimum Gasteiger partial charge on any atom is -0.309 e. The monoisotopic (exact) mass is 599 g/mol. The predicted molar refractivity (Wildman–Crippen MR) is 197 cm³/mol. The van der Waals surface area contributed by atoms with Gasteiger partial charge in [0.15, 0.2) is 0 Å². The van der Waals surface area contributed by atoms with Crippen LogP contribution in [0.4, 0.5) is 0 Å². The Kier molecular flexibility index (Phi) is 4.66. The third-order valence-electron chi connectivity index (χ3n) is 10.8. The molecule has 7 aromatic carbocycles. The maximum absolute atomic E-state index is 5.09. The van der Waals surface area contributed by atoms with E-state index in [4.69, 9.17) is 4.98 Å². The van der Waals surface area contributed by atoms with Crippen LogP contribution < -0.4 is 0 Å². The third kappa shape index (κ3) is 3.09. The number of hydrogen-bond donors (Lipinski definition) is 0. The maximum atomic E-state index is 5.09. The molecule has 0 atom stereocenters. The second-order valence-corrected chi connectivity index (χ2v) is 13.6. The number of pyridine rings is 1. The lowest BCUT2D eigenvalue weighted by Crippen LogP contribution is -2.23. The average Bonchev–Trinajstić information content (AvgIpc) is 3.66. The Morgan fingerprint density at radius 1 is 0.511 bits per heavy atom. The quantitative estimate of drug-likeness (QED) is 0.172. The smallest absolute Gasteiger partial charge is 0.146 e. The van der Waals surface area contributed by atoms with Crippen molar-refractivity contribution in [3.63, 3.8) is 0 Å². The second-order valence-electron chi connectivity index (χ2n) is 13.6. The zero-order valence-corrected chi connectivity index (χ0v) is 26.1. The van der Waals surface area contributed by atoms with E-state index < -0.39 is 0 Å². The lowest BCUT2D eigenvalue weighted by Gasteiger charge is -2.35. The summed E-state index contributed by atoms with van der Waals surface area (Å²) in [4.78, 5) is 5.09. The minimum atomic E-state index is -0.0859. The lowest BCUT2D eigenvalue weighted by molar-refractivity contribution is 0.645. The summed E-state index contributed by atoms with van der Waals surface area (Å²) in [6.07, 6.45) is 0. The number of rotatable bonds is 1. The van der Waals surface area contributed by atoms with Gasteiger partial charge in [0.25, 0.3) is 0 Å². The van der Waals surface area contributed by atoms with Gasteiger partial charge in [-0.1, -0.05) is 111 Å². The first kappa shape index (κ1) is 25.3. The van der Waals surface area contributed by atoms with Crippen LogP contribution in [0.1, 0.15) is 25.0 Å². The van der Waals surface area contributed by atoms with Crippen LogP contribution in [-0.4, -0.2) is 14.0 Å². The van der Waals surface area contributed by atoms with Gasteiger partial charge >= 0.3 is 0 Å². The Bertz CT molecular complexity index is 2990. The van der Waals surface area contributed by atoms with E-state index in [1.807, 2.05) is 0 Å². The molecule has 0 radical (unpaired) electrons. The van der Waals surface area contributed by atoms with Gasteiger partial charge in [0.05, 0.1) is 27.6 Å². The molecule has 0 aliphatic heterocycles. The van der Waals surface area contributed by atoms with Crippen LogP contribution in [0.3, 0.4) is 0 Å². The van der Waals surface area contributed by atoms with Crippen LogP contribution in [0.5, 0.6) is 0 Å². The summed E-state index contributed by atoms with van der Waals surface area (Å²) < 4.78 is 4.82.